The van der Waals surface area contributed by atoms with Crippen molar-refractivity contribution in [3.8, 4) is 5.75 Å². The van der Waals surface area contributed by atoms with Crippen molar-refractivity contribution in [2.75, 3.05) is 6.61 Å². The lowest BCUT2D eigenvalue weighted by Gasteiger charge is -2.27. The van der Waals surface area contributed by atoms with Crippen molar-refractivity contribution < 1.29 is 14.3 Å². The Kier molecular flexibility index (Phi) is 5.69. The van der Waals surface area contributed by atoms with Gasteiger partial charge in [-0.15, -0.1) is 0 Å². The molecule has 0 heterocycles. The molecule has 0 amide bonds. The zero-order valence-corrected chi connectivity index (χ0v) is 11.4. The fraction of sp³-hybridized carbons (Fsp3) is 0.533. The molecule has 0 aliphatic carbocycles. The van der Waals surface area contributed by atoms with E-state index in [2.05, 4.69) is 6.92 Å². The second kappa shape index (κ2) is 7.04. The standard InChI is InChI=1S/C15H22O3/c1-4-11-15(3,5-2)18-14(16)12-17-13-9-7-6-8-10-13/h6-10H,4-5,11-12H2,1-3H3. The smallest absolute Gasteiger partial charge is 0.344 e. The van der Waals surface area contributed by atoms with Crippen LogP contribution in [0.3, 0.4) is 0 Å². The first-order valence-corrected chi connectivity index (χ1v) is 6.49. The third-order valence-electron chi connectivity index (χ3n) is 2.99. The number of hydrogen-bond acceptors (Lipinski definition) is 3. The zero-order chi connectivity index (χ0) is 13.4. The van der Waals surface area contributed by atoms with E-state index in [9.17, 15) is 4.79 Å². The molecule has 3 nitrogen and oxygen atoms in total. The van der Waals surface area contributed by atoms with Crippen LogP contribution in [-0.2, 0) is 9.53 Å². The number of carbonyl (C=O) groups excluding carboxylic acids is 1. The predicted octanol–water partition coefficient (Wildman–Crippen LogP) is 3.58. The van der Waals surface area contributed by atoms with Crippen molar-refractivity contribution in [1.82, 2.24) is 0 Å². The Balaban J connectivity index is 2.41. The third-order valence-corrected chi connectivity index (χ3v) is 2.99. The van der Waals surface area contributed by atoms with E-state index in [0.717, 1.165) is 19.3 Å². The van der Waals surface area contributed by atoms with E-state index in [1.807, 2.05) is 44.2 Å². The fourth-order valence-electron chi connectivity index (χ4n) is 1.79. The van der Waals surface area contributed by atoms with Crippen molar-refractivity contribution in [1.29, 1.82) is 0 Å². The largest absolute Gasteiger partial charge is 0.482 e. The second-order valence-corrected chi connectivity index (χ2v) is 4.63. The van der Waals surface area contributed by atoms with Crippen LogP contribution in [0.1, 0.15) is 40.0 Å². The summed E-state index contributed by atoms with van der Waals surface area (Å²) in [5.41, 5.74) is -0.369. The average Bonchev–Trinajstić information content (AvgIpc) is 2.38. The van der Waals surface area contributed by atoms with Gasteiger partial charge < -0.3 is 9.47 Å². The van der Waals surface area contributed by atoms with Gasteiger partial charge in [0.05, 0.1) is 0 Å². The van der Waals surface area contributed by atoms with Gasteiger partial charge in [0.1, 0.15) is 11.4 Å². The quantitative estimate of drug-likeness (QED) is 0.694. The van der Waals surface area contributed by atoms with Crippen LogP contribution >= 0.6 is 0 Å². The first kappa shape index (κ1) is 14.6. The molecule has 1 aromatic rings. The molecule has 0 bridgehead atoms. The van der Waals surface area contributed by atoms with Crippen molar-refractivity contribution in [2.45, 2.75) is 45.6 Å². The Bertz CT molecular complexity index is 361. The second-order valence-electron chi connectivity index (χ2n) is 4.63. The minimum Gasteiger partial charge on any atom is -0.482 e. The summed E-state index contributed by atoms with van der Waals surface area (Å²) in [5.74, 6) is 0.375. The third kappa shape index (κ3) is 4.78. The zero-order valence-electron chi connectivity index (χ0n) is 11.4. The molecule has 0 fully saturated rings. The van der Waals surface area contributed by atoms with Gasteiger partial charge in [0.25, 0.3) is 0 Å². The normalized spacial score (nSPS) is 13.7. The summed E-state index contributed by atoms with van der Waals surface area (Å²) in [6.07, 6.45) is 2.69. The SMILES string of the molecule is CCCC(C)(CC)OC(=O)COc1ccccc1. The van der Waals surface area contributed by atoms with Crippen molar-refractivity contribution in [2.24, 2.45) is 0 Å². The first-order chi connectivity index (χ1) is 8.59. The van der Waals surface area contributed by atoms with Crippen LogP contribution in [0, 0.1) is 0 Å². The van der Waals surface area contributed by atoms with E-state index in [1.165, 1.54) is 0 Å². The monoisotopic (exact) mass is 250 g/mol. The average molecular weight is 250 g/mol. The predicted molar refractivity (Wildman–Crippen MR) is 71.6 cm³/mol. The molecule has 0 saturated carbocycles. The number of ether oxygens (including phenoxy) is 2. The Labute approximate surface area is 109 Å². The number of benzene rings is 1. The van der Waals surface area contributed by atoms with Gasteiger partial charge in [0.15, 0.2) is 6.61 Å². The molecule has 18 heavy (non-hydrogen) atoms. The van der Waals surface area contributed by atoms with E-state index in [0.29, 0.717) is 5.75 Å². The highest BCUT2D eigenvalue weighted by atomic mass is 16.6. The molecular formula is C15H22O3. The number of rotatable bonds is 7. The molecule has 3 heteroatoms. The molecule has 0 aliphatic rings. The van der Waals surface area contributed by atoms with E-state index in [-0.39, 0.29) is 18.2 Å². The van der Waals surface area contributed by atoms with E-state index in [4.69, 9.17) is 9.47 Å². The summed E-state index contributed by atoms with van der Waals surface area (Å²) in [6.45, 7) is 6.05. The van der Waals surface area contributed by atoms with Crippen molar-refractivity contribution in [3.63, 3.8) is 0 Å². The topological polar surface area (TPSA) is 35.5 Å². The van der Waals surface area contributed by atoms with Crippen LogP contribution in [0.5, 0.6) is 5.75 Å². The van der Waals surface area contributed by atoms with Crippen molar-refractivity contribution in [3.05, 3.63) is 30.3 Å². The molecule has 0 aliphatic heterocycles. The summed E-state index contributed by atoms with van der Waals surface area (Å²) < 4.78 is 10.8. The van der Waals surface area contributed by atoms with Gasteiger partial charge in [0.2, 0.25) is 0 Å². The lowest BCUT2D eigenvalue weighted by Crippen LogP contribution is -2.33. The summed E-state index contributed by atoms with van der Waals surface area (Å²) >= 11 is 0. The van der Waals surface area contributed by atoms with Crippen LogP contribution < -0.4 is 4.74 Å². The highest BCUT2D eigenvalue weighted by molar-refractivity contribution is 5.71. The summed E-state index contributed by atoms with van der Waals surface area (Å²) in [5, 5.41) is 0. The minimum absolute atomic E-state index is 0.0384. The van der Waals surface area contributed by atoms with Crippen LogP contribution in [0.2, 0.25) is 0 Å². The highest BCUT2D eigenvalue weighted by Crippen LogP contribution is 2.21. The summed E-state index contributed by atoms with van der Waals surface area (Å²) in [4.78, 5) is 11.7. The molecule has 100 valence electrons. The van der Waals surface area contributed by atoms with E-state index in [1.54, 1.807) is 0 Å². The molecule has 0 aromatic heterocycles. The molecule has 1 atom stereocenters. The molecule has 0 saturated heterocycles. The van der Waals surface area contributed by atoms with E-state index < -0.39 is 0 Å². The van der Waals surface area contributed by atoms with Gasteiger partial charge in [-0.25, -0.2) is 4.79 Å². The van der Waals surface area contributed by atoms with E-state index >= 15 is 0 Å². The summed E-state index contributed by atoms with van der Waals surface area (Å²) in [6, 6.07) is 9.28. The molecule has 0 radical (unpaired) electrons. The highest BCUT2D eigenvalue weighted by Gasteiger charge is 2.25. The maximum Gasteiger partial charge on any atom is 0.344 e. The maximum absolute atomic E-state index is 11.7. The Morgan fingerprint density at radius 1 is 1.22 bits per heavy atom. The minimum atomic E-state index is -0.369. The lowest BCUT2D eigenvalue weighted by atomic mass is 9.97. The number of para-hydroxylation sites is 1. The van der Waals surface area contributed by atoms with Gasteiger partial charge in [-0.1, -0.05) is 38.5 Å². The van der Waals surface area contributed by atoms with Gasteiger partial charge >= 0.3 is 5.97 Å². The maximum atomic E-state index is 11.7. The Hall–Kier alpha value is -1.51. The van der Waals surface area contributed by atoms with Crippen LogP contribution in [0.15, 0.2) is 30.3 Å². The first-order valence-electron chi connectivity index (χ1n) is 6.49. The van der Waals surface area contributed by atoms with Crippen LogP contribution in [0.4, 0.5) is 0 Å². The molecule has 0 spiro atoms. The van der Waals surface area contributed by atoms with Gasteiger partial charge in [-0.05, 0) is 31.9 Å². The molecule has 1 rings (SSSR count). The van der Waals surface area contributed by atoms with Gasteiger partial charge in [-0.3, -0.25) is 0 Å². The number of hydrogen-bond donors (Lipinski definition) is 0. The van der Waals surface area contributed by atoms with Crippen molar-refractivity contribution >= 4 is 5.97 Å². The van der Waals surface area contributed by atoms with Gasteiger partial charge in [-0.2, -0.15) is 0 Å². The summed E-state index contributed by atoms with van der Waals surface area (Å²) in [7, 11) is 0. The fourth-order valence-corrected chi connectivity index (χ4v) is 1.79. The number of carbonyl (C=O) groups is 1. The Morgan fingerprint density at radius 3 is 2.44 bits per heavy atom. The molecule has 0 N–H and O–H groups in total. The van der Waals surface area contributed by atoms with Gasteiger partial charge in [0, 0.05) is 0 Å². The molecule has 1 unspecified atom stereocenters. The van der Waals surface area contributed by atoms with Crippen LogP contribution in [-0.4, -0.2) is 18.2 Å². The molecule has 1 aromatic carbocycles. The molecular weight excluding hydrogens is 228 g/mol. The number of esters is 1. The van der Waals surface area contributed by atoms with Crippen LogP contribution in [0.25, 0.3) is 0 Å². The lowest BCUT2D eigenvalue weighted by molar-refractivity contribution is -0.161. The Morgan fingerprint density at radius 2 is 1.89 bits per heavy atom.